The zero-order valence-corrected chi connectivity index (χ0v) is 13.3. The SMILES string of the molecule is CCNC(C)c1ccc(Br)cc1OC/C(C)=C/Cl. The highest BCUT2D eigenvalue weighted by molar-refractivity contribution is 9.10. The Labute approximate surface area is 122 Å². The molecule has 1 N–H and O–H groups in total. The largest absolute Gasteiger partial charge is 0.489 e. The van der Waals surface area contributed by atoms with Crippen LogP contribution in [-0.2, 0) is 0 Å². The highest BCUT2D eigenvalue weighted by Gasteiger charge is 2.11. The van der Waals surface area contributed by atoms with Gasteiger partial charge in [0.1, 0.15) is 12.4 Å². The summed E-state index contributed by atoms with van der Waals surface area (Å²) in [7, 11) is 0. The number of ether oxygens (including phenoxy) is 1. The Hall–Kier alpha value is -0.510. The van der Waals surface area contributed by atoms with E-state index in [-0.39, 0.29) is 6.04 Å². The van der Waals surface area contributed by atoms with Gasteiger partial charge >= 0.3 is 0 Å². The van der Waals surface area contributed by atoms with E-state index in [0.717, 1.165) is 27.9 Å². The summed E-state index contributed by atoms with van der Waals surface area (Å²) in [5.74, 6) is 0.885. The molecule has 0 saturated carbocycles. The molecule has 1 rings (SSSR count). The second kappa shape index (κ2) is 7.82. The van der Waals surface area contributed by atoms with E-state index in [0.29, 0.717) is 6.61 Å². The van der Waals surface area contributed by atoms with Gasteiger partial charge in [0.05, 0.1) is 0 Å². The van der Waals surface area contributed by atoms with Crippen molar-refractivity contribution in [2.75, 3.05) is 13.2 Å². The molecular weight excluding hydrogens is 314 g/mol. The quantitative estimate of drug-likeness (QED) is 0.819. The molecule has 0 fully saturated rings. The molecule has 0 aliphatic rings. The van der Waals surface area contributed by atoms with E-state index in [1.54, 1.807) is 5.54 Å². The Bertz CT molecular complexity index is 420. The smallest absolute Gasteiger partial charge is 0.125 e. The van der Waals surface area contributed by atoms with Crippen molar-refractivity contribution in [3.05, 3.63) is 39.3 Å². The predicted molar refractivity (Wildman–Crippen MR) is 81.3 cm³/mol. The zero-order valence-electron chi connectivity index (χ0n) is 11.0. The fraction of sp³-hybridized carbons (Fsp3) is 0.429. The lowest BCUT2D eigenvalue weighted by molar-refractivity contribution is 0.344. The summed E-state index contributed by atoms with van der Waals surface area (Å²) in [6, 6.07) is 6.36. The number of hydrogen-bond acceptors (Lipinski definition) is 2. The number of rotatable bonds is 6. The van der Waals surface area contributed by atoms with Gasteiger partial charge in [0.25, 0.3) is 0 Å². The first-order valence-corrected chi connectivity index (χ1v) is 7.23. The van der Waals surface area contributed by atoms with Crippen molar-refractivity contribution >= 4 is 27.5 Å². The lowest BCUT2D eigenvalue weighted by Gasteiger charge is -2.18. The molecule has 1 aromatic rings. The fourth-order valence-electron chi connectivity index (χ4n) is 1.63. The van der Waals surface area contributed by atoms with Crippen LogP contribution in [0.4, 0.5) is 0 Å². The first-order valence-electron chi connectivity index (χ1n) is 6.00. The summed E-state index contributed by atoms with van der Waals surface area (Å²) < 4.78 is 6.83. The Morgan fingerprint density at radius 1 is 1.56 bits per heavy atom. The predicted octanol–water partition coefficient (Wildman–Crippen LogP) is 4.64. The average molecular weight is 333 g/mol. The fourth-order valence-corrected chi connectivity index (χ4v) is 2.03. The second-order valence-corrected chi connectivity index (χ2v) is 5.34. The maximum Gasteiger partial charge on any atom is 0.125 e. The first kappa shape index (κ1) is 15.5. The molecule has 0 aromatic heterocycles. The lowest BCUT2D eigenvalue weighted by atomic mass is 10.1. The molecule has 1 atom stereocenters. The summed E-state index contributed by atoms with van der Waals surface area (Å²) in [4.78, 5) is 0. The minimum Gasteiger partial charge on any atom is -0.489 e. The first-order chi connectivity index (χ1) is 8.58. The van der Waals surface area contributed by atoms with Crippen molar-refractivity contribution in [1.29, 1.82) is 0 Å². The van der Waals surface area contributed by atoms with E-state index >= 15 is 0 Å². The van der Waals surface area contributed by atoms with Gasteiger partial charge in [-0.15, -0.1) is 0 Å². The van der Waals surface area contributed by atoms with Crippen molar-refractivity contribution in [3.63, 3.8) is 0 Å². The van der Waals surface area contributed by atoms with Crippen molar-refractivity contribution in [3.8, 4) is 5.75 Å². The van der Waals surface area contributed by atoms with E-state index in [4.69, 9.17) is 16.3 Å². The summed E-state index contributed by atoms with van der Waals surface area (Å²) in [5, 5.41) is 3.39. The monoisotopic (exact) mass is 331 g/mol. The summed E-state index contributed by atoms with van der Waals surface area (Å²) >= 11 is 9.11. The van der Waals surface area contributed by atoms with Crippen LogP contribution in [-0.4, -0.2) is 13.2 Å². The molecule has 1 unspecified atom stereocenters. The topological polar surface area (TPSA) is 21.3 Å². The standard InChI is InChI=1S/C14H19BrClNO/c1-4-17-11(3)13-6-5-12(15)7-14(13)18-9-10(2)8-16/h5-8,11,17H,4,9H2,1-3H3/b10-8+. The maximum atomic E-state index is 5.82. The van der Waals surface area contributed by atoms with Crippen LogP contribution in [0.2, 0.25) is 0 Å². The Balaban J connectivity index is 2.89. The third kappa shape index (κ3) is 4.63. The Kier molecular flexibility index (Phi) is 6.76. The highest BCUT2D eigenvalue weighted by Crippen LogP contribution is 2.29. The summed E-state index contributed by atoms with van der Waals surface area (Å²) in [6.07, 6.45) is 0. The third-order valence-electron chi connectivity index (χ3n) is 2.59. The van der Waals surface area contributed by atoms with E-state index in [1.807, 2.05) is 19.1 Å². The van der Waals surface area contributed by atoms with Crippen LogP contribution in [0.5, 0.6) is 5.75 Å². The van der Waals surface area contributed by atoms with Gasteiger partial charge in [-0.1, -0.05) is 40.5 Å². The lowest BCUT2D eigenvalue weighted by Crippen LogP contribution is -2.18. The molecule has 0 aliphatic carbocycles. The molecule has 2 nitrogen and oxygen atoms in total. The van der Waals surface area contributed by atoms with Crippen molar-refractivity contribution in [2.24, 2.45) is 0 Å². The number of hydrogen-bond donors (Lipinski definition) is 1. The van der Waals surface area contributed by atoms with Crippen molar-refractivity contribution in [2.45, 2.75) is 26.8 Å². The highest BCUT2D eigenvalue weighted by atomic mass is 79.9. The molecule has 0 heterocycles. The second-order valence-electron chi connectivity index (χ2n) is 4.21. The van der Waals surface area contributed by atoms with Crippen LogP contribution >= 0.6 is 27.5 Å². The Morgan fingerprint density at radius 2 is 2.28 bits per heavy atom. The molecule has 100 valence electrons. The normalized spacial score (nSPS) is 13.5. The van der Waals surface area contributed by atoms with E-state index in [2.05, 4.69) is 41.2 Å². The zero-order chi connectivity index (χ0) is 13.5. The molecule has 0 radical (unpaired) electrons. The van der Waals surface area contributed by atoms with Gasteiger partial charge in [0, 0.05) is 21.6 Å². The molecule has 0 bridgehead atoms. The molecule has 1 aromatic carbocycles. The summed E-state index contributed by atoms with van der Waals surface area (Å²) in [6.45, 7) is 7.60. The van der Waals surface area contributed by atoms with Gasteiger partial charge in [-0.05, 0) is 38.1 Å². The number of halogens is 2. The molecule has 0 spiro atoms. The molecule has 18 heavy (non-hydrogen) atoms. The van der Waals surface area contributed by atoms with Crippen LogP contribution < -0.4 is 10.1 Å². The van der Waals surface area contributed by atoms with Gasteiger partial charge in [0.2, 0.25) is 0 Å². The van der Waals surface area contributed by atoms with E-state index in [9.17, 15) is 0 Å². The van der Waals surface area contributed by atoms with Gasteiger partial charge in [0.15, 0.2) is 0 Å². The molecule has 0 saturated heterocycles. The van der Waals surface area contributed by atoms with Gasteiger partial charge in [-0.25, -0.2) is 0 Å². The van der Waals surface area contributed by atoms with Gasteiger partial charge in [-0.3, -0.25) is 0 Å². The average Bonchev–Trinajstić information content (AvgIpc) is 2.36. The van der Waals surface area contributed by atoms with E-state index in [1.165, 1.54) is 0 Å². The maximum absolute atomic E-state index is 5.82. The number of nitrogens with one attached hydrogen (secondary N) is 1. The molecule has 4 heteroatoms. The van der Waals surface area contributed by atoms with E-state index < -0.39 is 0 Å². The van der Waals surface area contributed by atoms with Crippen LogP contribution in [0, 0.1) is 0 Å². The minimum atomic E-state index is 0.262. The van der Waals surface area contributed by atoms with Gasteiger partial charge in [-0.2, -0.15) is 0 Å². The molecular formula is C14H19BrClNO. The van der Waals surface area contributed by atoms with Crippen LogP contribution in [0.3, 0.4) is 0 Å². The van der Waals surface area contributed by atoms with Crippen molar-refractivity contribution < 1.29 is 4.74 Å². The molecule has 0 aliphatic heterocycles. The third-order valence-corrected chi connectivity index (χ3v) is 3.46. The Morgan fingerprint density at radius 3 is 2.89 bits per heavy atom. The van der Waals surface area contributed by atoms with Gasteiger partial charge < -0.3 is 10.1 Å². The van der Waals surface area contributed by atoms with Crippen LogP contribution in [0.25, 0.3) is 0 Å². The van der Waals surface area contributed by atoms with Crippen molar-refractivity contribution in [1.82, 2.24) is 5.32 Å². The minimum absolute atomic E-state index is 0.262. The summed E-state index contributed by atoms with van der Waals surface area (Å²) in [5.41, 5.74) is 3.70. The van der Waals surface area contributed by atoms with Crippen LogP contribution in [0.15, 0.2) is 33.8 Å². The molecule has 0 amide bonds. The van der Waals surface area contributed by atoms with Crippen LogP contribution in [0.1, 0.15) is 32.4 Å². The number of benzene rings is 1.